The number of amides is 1. The van der Waals surface area contributed by atoms with Crippen molar-refractivity contribution in [2.24, 2.45) is 16.5 Å². The fourth-order valence-corrected chi connectivity index (χ4v) is 1.96. The Kier molecular flexibility index (Phi) is 13.2. The lowest BCUT2D eigenvalue weighted by molar-refractivity contribution is -0.141. The summed E-state index contributed by atoms with van der Waals surface area (Å²) in [5, 5.41) is 20.7. The van der Waals surface area contributed by atoms with Crippen LogP contribution >= 0.6 is 0 Å². The van der Waals surface area contributed by atoms with Crippen LogP contribution < -0.4 is 16.8 Å². The highest BCUT2D eigenvalue weighted by Gasteiger charge is 2.17. The molecule has 0 rings (SSSR count). The molecule has 0 spiro atoms. The van der Waals surface area contributed by atoms with Crippen molar-refractivity contribution in [3.63, 3.8) is 0 Å². The Labute approximate surface area is 154 Å². The summed E-state index contributed by atoms with van der Waals surface area (Å²) in [7, 11) is 0. The molecule has 0 aliphatic heterocycles. The molecule has 0 radical (unpaired) electrons. The molecule has 2 atom stereocenters. The minimum absolute atomic E-state index is 0.0485. The third-order valence-electron chi connectivity index (χ3n) is 3.27. The minimum atomic E-state index is -1.10. The number of nitrogens with one attached hydrogen (secondary N) is 1. The summed E-state index contributed by atoms with van der Waals surface area (Å²) in [6.07, 6.45) is 13.0. The Hall–Kier alpha value is -2.61. The zero-order chi connectivity index (χ0) is 19.8. The van der Waals surface area contributed by atoms with Gasteiger partial charge in [0.05, 0.1) is 6.10 Å². The highest BCUT2D eigenvalue weighted by molar-refractivity contribution is 5.91. The number of guanidine groups is 1. The maximum Gasteiger partial charge on any atom is 0.326 e. The van der Waals surface area contributed by atoms with Crippen LogP contribution in [0.2, 0.25) is 0 Å². The van der Waals surface area contributed by atoms with Gasteiger partial charge in [-0.3, -0.25) is 9.79 Å². The molecule has 0 aliphatic carbocycles. The van der Waals surface area contributed by atoms with Gasteiger partial charge in [0, 0.05) is 12.6 Å². The smallest absolute Gasteiger partial charge is 0.326 e. The van der Waals surface area contributed by atoms with Crippen LogP contribution in [0.3, 0.4) is 0 Å². The van der Waals surface area contributed by atoms with Gasteiger partial charge in [-0.05, 0) is 39.0 Å². The summed E-state index contributed by atoms with van der Waals surface area (Å²) in [5.74, 6) is -1.63. The number of hydrogen-bond acceptors (Lipinski definition) is 4. The molecule has 0 saturated carbocycles. The second kappa shape index (κ2) is 14.7. The molecule has 8 nitrogen and oxygen atoms in total. The number of carboxylic acid groups (broad SMARTS) is 1. The van der Waals surface area contributed by atoms with E-state index in [1.165, 1.54) is 12.2 Å². The third kappa shape index (κ3) is 14.9. The zero-order valence-electron chi connectivity index (χ0n) is 15.2. The van der Waals surface area contributed by atoms with E-state index >= 15 is 0 Å². The highest BCUT2D eigenvalue weighted by Crippen LogP contribution is 2.01. The van der Waals surface area contributed by atoms with Crippen LogP contribution in [-0.4, -0.2) is 46.7 Å². The van der Waals surface area contributed by atoms with Crippen molar-refractivity contribution >= 4 is 17.8 Å². The molecule has 26 heavy (non-hydrogen) atoms. The van der Waals surface area contributed by atoms with E-state index in [-0.39, 0.29) is 18.5 Å². The van der Waals surface area contributed by atoms with E-state index in [1.807, 2.05) is 12.2 Å². The van der Waals surface area contributed by atoms with Crippen LogP contribution in [-0.2, 0) is 9.59 Å². The summed E-state index contributed by atoms with van der Waals surface area (Å²) in [5.41, 5.74) is 10.4. The fraction of sp³-hybridized carbons (Fsp3) is 0.500. The molecule has 7 N–H and O–H groups in total. The van der Waals surface area contributed by atoms with E-state index in [4.69, 9.17) is 21.7 Å². The molecule has 0 heterocycles. The number of nitrogens with two attached hydrogens (primary N) is 2. The van der Waals surface area contributed by atoms with Gasteiger partial charge in [0.1, 0.15) is 6.04 Å². The van der Waals surface area contributed by atoms with Gasteiger partial charge < -0.3 is 27.0 Å². The van der Waals surface area contributed by atoms with Crippen LogP contribution in [0.1, 0.15) is 39.0 Å². The van der Waals surface area contributed by atoms with Gasteiger partial charge in [0.25, 0.3) is 0 Å². The topological polar surface area (TPSA) is 151 Å². The Balaban J connectivity index is 4.15. The van der Waals surface area contributed by atoms with Crippen LogP contribution in [0, 0.1) is 0 Å². The number of unbranched alkanes of at least 4 members (excludes halogenated alkanes) is 1. The standard InChI is InChI=1S/C18H30N4O4/c1-14(23)10-7-5-3-2-4-6-8-12-16(24)22-15(17(25)26)11-9-13-21-18(19)20/h2-4,6,8,12,14-15,23H,5,7,9-11,13H2,1H3,(H,22,24)(H,25,26)(H4,19,20,21)/b3-2+,6-4+,12-8+/t14?,15-/m0/s1. The monoisotopic (exact) mass is 366 g/mol. The first kappa shape index (κ1) is 23.4. The maximum absolute atomic E-state index is 11.7. The lowest BCUT2D eigenvalue weighted by Gasteiger charge is -2.12. The van der Waals surface area contributed by atoms with Crippen LogP contribution in [0.25, 0.3) is 0 Å². The average molecular weight is 366 g/mol. The second-order valence-electron chi connectivity index (χ2n) is 5.80. The first-order chi connectivity index (χ1) is 12.3. The summed E-state index contributed by atoms with van der Waals surface area (Å²) >= 11 is 0. The first-order valence-corrected chi connectivity index (χ1v) is 8.59. The number of nitrogens with zero attached hydrogens (tertiary/aromatic N) is 1. The molecule has 1 amide bonds. The zero-order valence-corrected chi connectivity index (χ0v) is 15.2. The van der Waals surface area contributed by atoms with E-state index in [0.29, 0.717) is 13.0 Å². The number of carbonyl (C=O) groups is 2. The Bertz CT molecular complexity index is 535. The lowest BCUT2D eigenvalue weighted by atomic mass is 10.1. The van der Waals surface area contributed by atoms with E-state index in [2.05, 4.69) is 10.3 Å². The van der Waals surface area contributed by atoms with E-state index in [0.717, 1.165) is 19.3 Å². The van der Waals surface area contributed by atoms with E-state index in [1.54, 1.807) is 19.1 Å². The molecule has 0 aromatic rings. The molecule has 0 aliphatic rings. The molecule has 0 saturated heterocycles. The average Bonchev–Trinajstić information content (AvgIpc) is 2.55. The largest absolute Gasteiger partial charge is 0.480 e. The van der Waals surface area contributed by atoms with Crippen LogP contribution in [0.5, 0.6) is 0 Å². The third-order valence-corrected chi connectivity index (χ3v) is 3.27. The van der Waals surface area contributed by atoms with E-state index < -0.39 is 17.9 Å². The van der Waals surface area contributed by atoms with Crippen LogP contribution in [0.4, 0.5) is 0 Å². The number of aliphatic hydroxyl groups is 1. The normalized spacial score (nSPS) is 13.9. The van der Waals surface area contributed by atoms with Crippen molar-refractivity contribution in [2.75, 3.05) is 6.54 Å². The summed E-state index contributed by atoms with van der Waals surface area (Å²) in [6.45, 7) is 2.07. The number of rotatable bonds is 13. The van der Waals surface area contributed by atoms with Crippen molar-refractivity contribution in [1.29, 1.82) is 0 Å². The minimum Gasteiger partial charge on any atom is -0.480 e. The van der Waals surface area contributed by atoms with Gasteiger partial charge in [-0.1, -0.05) is 30.4 Å². The number of allylic oxidation sites excluding steroid dienone is 5. The SMILES string of the molecule is CC(O)CCC/C=C/C=C/C=C/C(=O)N[C@@H](CCCN=C(N)N)C(=O)O. The van der Waals surface area contributed by atoms with Crippen molar-refractivity contribution in [3.8, 4) is 0 Å². The van der Waals surface area contributed by atoms with Crippen molar-refractivity contribution in [3.05, 3.63) is 36.5 Å². The number of aliphatic carboxylic acids is 1. The Morgan fingerprint density at radius 2 is 1.81 bits per heavy atom. The summed E-state index contributed by atoms with van der Waals surface area (Å²) in [6, 6.07) is -0.987. The summed E-state index contributed by atoms with van der Waals surface area (Å²) < 4.78 is 0. The lowest BCUT2D eigenvalue weighted by Crippen LogP contribution is -2.40. The van der Waals surface area contributed by atoms with Gasteiger partial charge in [0.2, 0.25) is 5.91 Å². The quantitative estimate of drug-likeness (QED) is 0.107. The number of carbonyl (C=O) groups excluding carboxylic acids is 1. The van der Waals surface area contributed by atoms with Gasteiger partial charge in [-0.15, -0.1) is 0 Å². The fourth-order valence-electron chi connectivity index (χ4n) is 1.96. The first-order valence-electron chi connectivity index (χ1n) is 8.59. The van der Waals surface area contributed by atoms with Gasteiger partial charge in [-0.25, -0.2) is 4.79 Å². The van der Waals surface area contributed by atoms with Crippen molar-refractivity contribution in [2.45, 2.75) is 51.2 Å². The van der Waals surface area contributed by atoms with Crippen molar-refractivity contribution < 1.29 is 19.8 Å². The number of aliphatic imine (C=N–C) groups is 1. The molecular weight excluding hydrogens is 336 g/mol. The second-order valence-corrected chi connectivity index (χ2v) is 5.80. The number of aliphatic hydroxyl groups excluding tert-OH is 1. The highest BCUT2D eigenvalue weighted by atomic mass is 16.4. The number of hydrogen-bond donors (Lipinski definition) is 5. The van der Waals surface area contributed by atoms with Crippen molar-refractivity contribution in [1.82, 2.24) is 5.32 Å². The summed E-state index contributed by atoms with van der Waals surface area (Å²) in [4.78, 5) is 26.6. The molecule has 146 valence electrons. The van der Waals surface area contributed by atoms with E-state index in [9.17, 15) is 9.59 Å². The van der Waals surface area contributed by atoms with Gasteiger partial charge in [-0.2, -0.15) is 0 Å². The molecule has 8 heteroatoms. The predicted molar refractivity (Wildman–Crippen MR) is 102 cm³/mol. The molecule has 1 unspecified atom stereocenters. The predicted octanol–water partition coefficient (Wildman–Crippen LogP) is 0.829. The van der Waals surface area contributed by atoms with Gasteiger partial charge in [0.15, 0.2) is 5.96 Å². The molecule has 0 aromatic carbocycles. The number of carboxylic acids is 1. The molecule has 0 fully saturated rings. The Morgan fingerprint density at radius 3 is 2.42 bits per heavy atom. The van der Waals surface area contributed by atoms with Gasteiger partial charge >= 0.3 is 5.97 Å². The molecule has 0 aromatic heterocycles. The maximum atomic E-state index is 11.7. The molecule has 0 bridgehead atoms. The molecular formula is C18H30N4O4. The Morgan fingerprint density at radius 1 is 1.12 bits per heavy atom. The van der Waals surface area contributed by atoms with Crippen LogP contribution in [0.15, 0.2) is 41.4 Å².